The maximum Gasteiger partial charge on any atom is 0.153 e. The molecule has 2 N–H and O–H groups in total. The van der Waals surface area contributed by atoms with E-state index < -0.39 is 0 Å². The van der Waals surface area contributed by atoms with Gasteiger partial charge in [0.05, 0.1) is 17.6 Å². The van der Waals surface area contributed by atoms with Gasteiger partial charge in [0.25, 0.3) is 0 Å². The minimum Gasteiger partial charge on any atom is -0.381 e. The Morgan fingerprint density at radius 3 is 2.94 bits per heavy atom. The third kappa shape index (κ3) is 2.03. The number of fused-ring (bicyclic) bond motifs is 1. The Morgan fingerprint density at radius 2 is 2.18 bits per heavy atom. The minimum atomic E-state index is 0.454. The summed E-state index contributed by atoms with van der Waals surface area (Å²) >= 11 is 0. The molecule has 2 aromatic rings. The zero-order valence-corrected chi connectivity index (χ0v) is 9.67. The first-order valence-electron chi connectivity index (χ1n) is 6.00. The van der Waals surface area contributed by atoms with Gasteiger partial charge in [-0.15, -0.1) is 0 Å². The summed E-state index contributed by atoms with van der Waals surface area (Å²) in [7, 11) is 0. The molecule has 90 valence electrons. The second-order valence-corrected chi connectivity index (χ2v) is 4.38. The zero-order valence-electron chi connectivity index (χ0n) is 9.67. The molecular formula is C12H16N4O. The second-order valence-electron chi connectivity index (χ2n) is 4.38. The Morgan fingerprint density at radius 1 is 1.35 bits per heavy atom. The quantitative estimate of drug-likeness (QED) is 0.841. The number of ether oxygens (including phenoxy) is 1. The predicted octanol–water partition coefficient (Wildman–Crippen LogP) is 1.08. The number of hydrogen-bond acceptors (Lipinski definition) is 4. The molecule has 0 atom stereocenters. The van der Waals surface area contributed by atoms with Crippen molar-refractivity contribution < 1.29 is 4.74 Å². The maximum atomic E-state index is 5.57. The van der Waals surface area contributed by atoms with Crippen molar-refractivity contribution in [2.75, 3.05) is 13.2 Å². The molecule has 2 aromatic heterocycles. The standard InChI is InChI=1S/C12H16N4O/c13-7-10-8-16-12(14-10)2-1-11(15-16)9-3-5-17-6-4-9/h1-2,8-9H,3-7,13H2. The molecule has 17 heavy (non-hydrogen) atoms. The van der Waals surface area contributed by atoms with E-state index in [1.54, 1.807) is 0 Å². The smallest absolute Gasteiger partial charge is 0.153 e. The molecule has 0 amide bonds. The average Bonchev–Trinajstić information content (AvgIpc) is 2.81. The molecular weight excluding hydrogens is 216 g/mol. The van der Waals surface area contributed by atoms with Gasteiger partial charge in [0.1, 0.15) is 0 Å². The molecule has 1 aliphatic rings. The fourth-order valence-electron chi connectivity index (χ4n) is 2.26. The van der Waals surface area contributed by atoms with E-state index in [0.29, 0.717) is 12.5 Å². The Kier molecular flexibility index (Phi) is 2.78. The van der Waals surface area contributed by atoms with Crippen LogP contribution in [-0.2, 0) is 11.3 Å². The summed E-state index contributed by atoms with van der Waals surface area (Å²) in [4.78, 5) is 4.37. The van der Waals surface area contributed by atoms with Crippen molar-refractivity contribution in [2.45, 2.75) is 25.3 Å². The molecule has 0 radical (unpaired) electrons. The van der Waals surface area contributed by atoms with E-state index in [1.807, 2.05) is 16.8 Å². The van der Waals surface area contributed by atoms with Crippen LogP contribution in [0.4, 0.5) is 0 Å². The first kappa shape index (κ1) is 10.7. The van der Waals surface area contributed by atoms with Crippen molar-refractivity contribution in [3.05, 3.63) is 29.7 Å². The number of rotatable bonds is 2. The van der Waals surface area contributed by atoms with Gasteiger partial charge in [0, 0.05) is 25.7 Å². The lowest BCUT2D eigenvalue weighted by molar-refractivity contribution is 0.0843. The van der Waals surface area contributed by atoms with Crippen molar-refractivity contribution in [1.29, 1.82) is 0 Å². The van der Waals surface area contributed by atoms with Gasteiger partial charge in [-0.25, -0.2) is 9.50 Å². The summed E-state index contributed by atoms with van der Waals surface area (Å²) in [6, 6.07) is 4.08. The molecule has 0 aliphatic carbocycles. The van der Waals surface area contributed by atoms with E-state index >= 15 is 0 Å². The van der Waals surface area contributed by atoms with Crippen molar-refractivity contribution in [3.63, 3.8) is 0 Å². The summed E-state index contributed by atoms with van der Waals surface area (Å²) in [5.41, 5.74) is 8.44. The first-order chi connectivity index (χ1) is 8.36. The fourth-order valence-corrected chi connectivity index (χ4v) is 2.26. The number of imidazole rings is 1. The highest BCUT2D eigenvalue weighted by atomic mass is 16.5. The summed E-state index contributed by atoms with van der Waals surface area (Å²) in [6.07, 6.45) is 4.01. The lowest BCUT2D eigenvalue weighted by atomic mass is 9.96. The van der Waals surface area contributed by atoms with E-state index in [4.69, 9.17) is 10.5 Å². The predicted molar refractivity (Wildman–Crippen MR) is 63.7 cm³/mol. The van der Waals surface area contributed by atoms with Gasteiger partial charge in [0.15, 0.2) is 5.65 Å². The van der Waals surface area contributed by atoms with Crippen LogP contribution in [0, 0.1) is 0 Å². The largest absolute Gasteiger partial charge is 0.381 e. The Balaban J connectivity index is 1.94. The number of hydrogen-bond donors (Lipinski definition) is 1. The van der Waals surface area contributed by atoms with Crippen LogP contribution in [0.15, 0.2) is 18.3 Å². The number of nitrogens with zero attached hydrogens (tertiary/aromatic N) is 3. The topological polar surface area (TPSA) is 65.4 Å². The second kappa shape index (κ2) is 4.43. The Hall–Kier alpha value is -1.46. The lowest BCUT2D eigenvalue weighted by Gasteiger charge is -2.21. The molecule has 3 heterocycles. The van der Waals surface area contributed by atoms with E-state index in [9.17, 15) is 0 Å². The average molecular weight is 232 g/mol. The Labute approximate surface area is 99.6 Å². The molecule has 1 saturated heterocycles. The van der Waals surface area contributed by atoms with Gasteiger partial charge in [-0.1, -0.05) is 0 Å². The van der Waals surface area contributed by atoms with E-state index in [0.717, 1.165) is 43.1 Å². The van der Waals surface area contributed by atoms with Crippen LogP contribution in [0.2, 0.25) is 0 Å². The van der Waals surface area contributed by atoms with Gasteiger partial charge >= 0.3 is 0 Å². The van der Waals surface area contributed by atoms with Crippen LogP contribution in [0.25, 0.3) is 5.65 Å². The maximum absolute atomic E-state index is 5.57. The molecule has 1 aliphatic heterocycles. The van der Waals surface area contributed by atoms with E-state index in [1.165, 1.54) is 0 Å². The summed E-state index contributed by atoms with van der Waals surface area (Å²) in [6.45, 7) is 2.13. The molecule has 1 fully saturated rings. The van der Waals surface area contributed by atoms with Gasteiger partial charge < -0.3 is 10.5 Å². The van der Waals surface area contributed by atoms with Gasteiger partial charge in [0.2, 0.25) is 0 Å². The SMILES string of the molecule is NCc1cn2nc(C3CCOCC3)ccc2n1. The molecule has 3 rings (SSSR count). The molecule has 5 nitrogen and oxygen atoms in total. The normalized spacial score (nSPS) is 17.7. The highest BCUT2D eigenvalue weighted by Crippen LogP contribution is 2.25. The first-order valence-corrected chi connectivity index (χ1v) is 6.00. The number of aromatic nitrogens is 3. The third-order valence-electron chi connectivity index (χ3n) is 3.24. The molecule has 0 unspecified atom stereocenters. The van der Waals surface area contributed by atoms with Gasteiger partial charge in [-0.3, -0.25) is 0 Å². The summed E-state index contributed by atoms with van der Waals surface area (Å²) < 4.78 is 7.19. The summed E-state index contributed by atoms with van der Waals surface area (Å²) in [5.74, 6) is 0.511. The monoisotopic (exact) mass is 232 g/mol. The van der Waals surface area contributed by atoms with Gasteiger partial charge in [-0.05, 0) is 25.0 Å². The highest BCUT2D eigenvalue weighted by molar-refractivity contribution is 5.39. The fraction of sp³-hybridized carbons (Fsp3) is 0.500. The van der Waals surface area contributed by atoms with Crippen molar-refractivity contribution in [2.24, 2.45) is 5.73 Å². The van der Waals surface area contributed by atoms with Crippen LogP contribution < -0.4 is 5.73 Å². The van der Waals surface area contributed by atoms with Crippen LogP contribution in [0.1, 0.15) is 30.1 Å². The van der Waals surface area contributed by atoms with Crippen LogP contribution in [-0.4, -0.2) is 27.8 Å². The number of nitrogens with two attached hydrogens (primary N) is 1. The molecule has 5 heteroatoms. The van der Waals surface area contributed by atoms with Crippen LogP contribution >= 0.6 is 0 Å². The lowest BCUT2D eigenvalue weighted by Crippen LogP contribution is -2.15. The molecule has 0 saturated carbocycles. The van der Waals surface area contributed by atoms with Gasteiger partial charge in [-0.2, -0.15) is 5.10 Å². The van der Waals surface area contributed by atoms with Crippen molar-refractivity contribution >= 4 is 5.65 Å². The Bertz CT molecular complexity index is 516. The third-order valence-corrected chi connectivity index (χ3v) is 3.24. The van der Waals surface area contributed by atoms with Crippen molar-refractivity contribution in [1.82, 2.24) is 14.6 Å². The van der Waals surface area contributed by atoms with Crippen LogP contribution in [0.5, 0.6) is 0 Å². The van der Waals surface area contributed by atoms with E-state index in [-0.39, 0.29) is 0 Å². The van der Waals surface area contributed by atoms with E-state index in [2.05, 4.69) is 16.1 Å². The van der Waals surface area contributed by atoms with Crippen LogP contribution in [0.3, 0.4) is 0 Å². The molecule has 0 aromatic carbocycles. The molecule has 0 spiro atoms. The summed E-state index contributed by atoms with van der Waals surface area (Å²) in [5, 5.41) is 4.61. The highest BCUT2D eigenvalue weighted by Gasteiger charge is 2.17. The molecule has 0 bridgehead atoms. The van der Waals surface area contributed by atoms with Crippen molar-refractivity contribution in [3.8, 4) is 0 Å². The zero-order chi connectivity index (χ0) is 11.7. The minimum absolute atomic E-state index is 0.454.